The monoisotopic (exact) mass is 356 g/mol. The summed E-state index contributed by atoms with van der Waals surface area (Å²) < 4.78 is 11.0. The third-order valence-corrected chi connectivity index (χ3v) is 3.41. The fourth-order valence-corrected chi connectivity index (χ4v) is 2.20. The van der Waals surface area contributed by atoms with Gasteiger partial charge in [0.1, 0.15) is 11.5 Å². The first-order chi connectivity index (χ1) is 12.6. The number of hydrogen-bond donors (Lipinski definition) is 2. The first kappa shape index (κ1) is 19.3. The summed E-state index contributed by atoms with van der Waals surface area (Å²) in [4.78, 5) is 23.9. The van der Waals surface area contributed by atoms with Gasteiger partial charge in [-0.3, -0.25) is 9.59 Å². The van der Waals surface area contributed by atoms with Gasteiger partial charge < -0.3 is 20.1 Å². The molecule has 0 aliphatic rings. The van der Waals surface area contributed by atoms with E-state index in [1.165, 1.54) is 0 Å². The van der Waals surface area contributed by atoms with Crippen LogP contribution < -0.4 is 20.1 Å². The van der Waals surface area contributed by atoms with E-state index < -0.39 is 0 Å². The van der Waals surface area contributed by atoms with Gasteiger partial charge in [0, 0.05) is 17.8 Å². The number of rotatable bonds is 9. The smallest absolute Gasteiger partial charge is 0.262 e. The normalized spacial score (nSPS) is 10.1. The van der Waals surface area contributed by atoms with Crippen LogP contribution in [0.4, 0.5) is 5.69 Å². The summed E-state index contributed by atoms with van der Waals surface area (Å²) in [6.45, 7) is 4.98. The second-order valence-electron chi connectivity index (χ2n) is 5.60. The van der Waals surface area contributed by atoms with E-state index in [2.05, 4.69) is 10.6 Å². The van der Waals surface area contributed by atoms with E-state index in [0.29, 0.717) is 30.2 Å². The molecule has 0 spiro atoms. The van der Waals surface area contributed by atoms with Crippen molar-refractivity contribution in [2.75, 3.05) is 25.1 Å². The molecule has 6 nitrogen and oxygen atoms in total. The molecule has 0 radical (unpaired) electrons. The third kappa shape index (κ3) is 6.12. The molecule has 2 rings (SSSR count). The van der Waals surface area contributed by atoms with Crippen LogP contribution in [0.15, 0.2) is 48.5 Å². The summed E-state index contributed by atoms with van der Waals surface area (Å²) in [5.74, 6) is 0.875. The lowest BCUT2D eigenvalue weighted by Gasteiger charge is -2.10. The highest BCUT2D eigenvalue weighted by Crippen LogP contribution is 2.18. The van der Waals surface area contributed by atoms with Crippen molar-refractivity contribution in [1.29, 1.82) is 0 Å². The van der Waals surface area contributed by atoms with Gasteiger partial charge >= 0.3 is 0 Å². The maximum Gasteiger partial charge on any atom is 0.262 e. The number of nitrogens with one attached hydrogen (secondary N) is 2. The Morgan fingerprint density at radius 2 is 1.65 bits per heavy atom. The zero-order valence-electron chi connectivity index (χ0n) is 15.1. The number of carbonyl (C=O) groups is 2. The van der Waals surface area contributed by atoms with Crippen molar-refractivity contribution >= 4 is 17.5 Å². The predicted octanol–water partition coefficient (Wildman–Crippen LogP) is 3.24. The second-order valence-corrected chi connectivity index (χ2v) is 5.60. The first-order valence-corrected chi connectivity index (χ1v) is 8.66. The summed E-state index contributed by atoms with van der Waals surface area (Å²) in [5.41, 5.74) is 1.04. The highest BCUT2D eigenvalue weighted by molar-refractivity contribution is 5.97. The third-order valence-electron chi connectivity index (χ3n) is 3.41. The molecule has 2 aromatic rings. The lowest BCUT2D eigenvalue weighted by Crippen LogP contribution is -2.23. The molecule has 0 atom stereocenters. The van der Waals surface area contributed by atoms with Crippen LogP contribution in [0.2, 0.25) is 0 Å². The average Bonchev–Trinajstić information content (AvgIpc) is 2.66. The fourth-order valence-electron chi connectivity index (χ4n) is 2.20. The average molecular weight is 356 g/mol. The highest BCUT2D eigenvalue weighted by atomic mass is 16.5. The Morgan fingerprint density at radius 3 is 2.31 bits per heavy atom. The summed E-state index contributed by atoms with van der Waals surface area (Å²) in [5, 5.41) is 5.44. The van der Waals surface area contributed by atoms with Crippen molar-refractivity contribution in [3.63, 3.8) is 0 Å². The summed E-state index contributed by atoms with van der Waals surface area (Å²) in [6.07, 6.45) is 0.944. The number of benzene rings is 2. The molecule has 6 heteroatoms. The van der Waals surface area contributed by atoms with Crippen molar-refractivity contribution in [1.82, 2.24) is 5.32 Å². The quantitative estimate of drug-likeness (QED) is 0.723. The van der Waals surface area contributed by atoms with Gasteiger partial charge in [0.2, 0.25) is 0 Å². The van der Waals surface area contributed by atoms with Gasteiger partial charge in [0.05, 0.1) is 6.61 Å². The summed E-state index contributed by atoms with van der Waals surface area (Å²) in [6, 6.07) is 13.9. The van der Waals surface area contributed by atoms with Gasteiger partial charge in [-0.15, -0.1) is 0 Å². The minimum Gasteiger partial charge on any atom is -0.494 e. The molecule has 2 N–H and O–H groups in total. The lowest BCUT2D eigenvalue weighted by molar-refractivity contribution is -0.118. The Hall–Kier alpha value is -3.02. The number of hydrogen-bond acceptors (Lipinski definition) is 4. The zero-order valence-corrected chi connectivity index (χ0v) is 15.1. The van der Waals surface area contributed by atoms with E-state index in [1.54, 1.807) is 48.5 Å². The Bertz CT molecular complexity index is 729. The van der Waals surface area contributed by atoms with Crippen molar-refractivity contribution < 1.29 is 19.1 Å². The molecular formula is C20H24N2O4. The molecule has 0 saturated heterocycles. The summed E-state index contributed by atoms with van der Waals surface area (Å²) in [7, 11) is 0. The molecule has 138 valence electrons. The van der Waals surface area contributed by atoms with Crippen molar-refractivity contribution in [2.24, 2.45) is 0 Å². The topological polar surface area (TPSA) is 76.7 Å². The minimum atomic E-state index is -0.302. The molecule has 0 saturated carbocycles. The van der Waals surface area contributed by atoms with Crippen LogP contribution in [0.5, 0.6) is 11.5 Å². The maximum absolute atomic E-state index is 12.0. The fraction of sp³-hybridized carbons (Fsp3) is 0.300. The molecule has 0 bridgehead atoms. The predicted molar refractivity (Wildman–Crippen MR) is 101 cm³/mol. The van der Waals surface area contributed by atoms with Crippen molar-refractivity contribution in [3.05, 3.63) is 54.1 Å². The SMILES string of the molecule is CCCOc1ccc(OCC(=O)Nc2cccc(C(=O)NCC)c2)cc1. The molecule has 0 heterocycles. The van der Waals surface area contributed by atoms with Gasteiger partial charge in [0.25, 0.3) is 11.8 Å². The molecule has 26 heavy (non-hydrogen) atoms. The van der Waals surface area contributed by atoms with Crippen molar-refractivity contribution in [3.8, 4) is 11.5 Å². The van der Waals surface area contributed by atoms with Crippen LogP contribution in [0, 0.1) is 0 Å². The molecule has 0 fully saturated rings. The van der Waals surface area contributed by atoms with E-state index in [4.69, 9.17) is 9.47 Å². The van der Waals surface area contributed by atoms with E-state index >= 15 is 0 Å². The Morgan fingerprint density at radius 1 is 0.962 bits per heavy atom. The number of ether oxygens (including phenoxy) is 2. The van der Waals surface area contributed by atoms with E-state index in [1.807, 2.05) is 13.8 Å². The zero-order chi connectivity index (χ0) is 18.8. The Kier molecular flexibility index (Phi) is 7.49. The maximum atomic E-state index is 12.0. The number of anilines is 1. The van der Waals surface area contributed by atoms with Crippen LogP contribution >= 0.6 is 0 Å². The Balaban J connectivity index is 1.85. The van der Waals surface area contributed by atoms with Crippen LogP contribution in [-0.4, -0.2) is 31.6 Å². The molecule has 0 aromatic heterocycles. The number of carbonyl (C=O) groups excluding carboxylic acids is 2. The first-order valence-electron chi connectivity index (χ1n) is 8.66. The van der Waals surface area contributed by atoms with Crippen LogP contribution in [0.3, 0.4) is 0 Å². The largest absolute Gasteiger partial charge is 0.494 e. The van der Waals surface area contributed by atoms with E-state index in [-0.39, 0.29) is 18.4 Å². The lowest BCUT2D eigenvalue weighted by atomic mass is 10.2. The van der Waals surface area contributed by atoms with Crippen molar-refractivity contribution in [2.45, 2.75) is 20.3 Å². The number of amides is 2. The molecular weight excluding hydrogens is 332 g/mol. The van der Waals surface area contributed by atoms with Gasteiger partial charge in [-0.1, -0.05) is 13.0 Å². The van der Waals surface area contributed by atoms with Gasteiger partial charge in [-0.2, -0.15) is 0 Å². The van der Waals surface area contributed by atoms with Gasteiger partial charge in [-0.05, 0) is 55.8 Å². The molecule has 2 amide bonds. The molecule has 0 aliphatic heterocycles. The highest BCUT2D eigenvalue weighted by Gasteiger charge is 2.08. The standard InChI is InChI=1S/C20H24N2O4/c1-3-12-25-17-8-10-18(11-9-17)26-14-19(23)22-16-7-5-6-15(13-16)20(24)21-4-2/h5-11,13H,3-4,12,14H2,1-2H3,(H,21,24)(H,22,23). The summed E-state index contributed by atoms with van der Waals surface area (Å²) >= 11 is 0. The minimum absolute atomic E-state index is 0.124. The van der Waals surface area contributed by atoms with E-state index in [9.17, 15) is 9.59 Å². The van der Waals surface area contributed by atoms with Crippen LogP contribution in [-0.2, 0) is 4.79 Å². The van der Waals surface area contributed by atoms with Gasteiger partial charge in [0.15, 0.2) is 6.61 Å². The molecule has 0 unspecified atom stereocenters. The van der Waals surface area contributed by atoms with Crippen LogP contribution in [0.1, 0.15) is 30.6 Å². The van der Waals surface area contributed by atoms with Gasteiger partial charge in [-0.25, -0.2) is 0 Å². The van der Waals surface area contributed by atoms with Crippen LogP contribution in [0.25, 0.3) is 0 Å². The molecule has 2 aromatic carbocycles. The Labute approximate surface area is 153 Å². The second kappa shape index (κ2) is 10.1. The molecule has 0 aliphatic carbocycles. The van der Waals surface area contributed by atoms with E-state index in [0.717, 1.165) is 12.2 Å².